The smallest absolute Gasteiger partial charge is 0.265 e. The van der Waals surface area contributed by atoms with Crippen LogP contribution in [0.5, 0.6) is 5.75 Å². The van der Waals surface area contributed by atoms with E-state index >= 15 is 0 Å². The number of unbranched alkanes of at least 4 members (excludes halogenated alkanes) is 1. The normalized spacial score (nSPS) is 13.1. The number of amides is 2. The van der Waals surface area contributed by atoms with Crippen molar-refractivity contribution in [1.82, 2.24) is 0 Å². The molecular weight excluding hydrogens is 328 g/mol. The summed E-state index contributed by atoms with van der Waals surface area (Å²) in [5.41, 5.74) is 2.55. The third-order valence-electron chi connectivity index (χ3n) is 4.40. The molecular formula is C21H24N2O3. The first kappa shape index (κ1) is 18.0. The number of carbonyl (C=O) groups excluding carboxylic acids is 2. The minimum atomic E-state index is -0.0445. The zero-order valence-corrected chi connectivity index (χ0v) is 15.0. The van der Waals surface area contributed by atoms with E-state index in [1.807, 2.05) is 48.5 Å². The first-order chi connectivity index (χ1) is 12.7. The highest BCUT2D eigenvalue weighted by Crippen LogP contribution is 2.34. The summed E-state index contributed by atoms with van der Waals surface area (Å²) in [6.45, 7) is 2.83. The summed E-state index contributed by atoms with van der Waals surface area (Å²) in [6, 6.07) is 15.4. The molecule has 0 unspecified atom stereocenters. The largest absolute Gasteiger partial charge is 0.482 e. The molecule has 2 aromatic carbocycles. The molecule has 1 aliphatic heterocycles. The monoisotopic (exact) mass is 352 g/mol. The molecule has 0 aliphatic carbocycles. The molecule has 1 aliphatic rings. The Morgan fingerprint density at radius 1 is 1.19 bits per heavy atom. The van der Waals surface area contributed by atoms with Crippen molar-refractivity contribution >= 4 is 23.2 Å². The number of anilines is 2. The first-order valence-corrected chi connectivity index (χ1v) is 9.08. The lowest BCUT2D eigenvalue weighted by atomic mass is 10.1. The van der Waals surface area contributed by atoms with E-state index < -0.39 is 0 Å². The van der Waals surface area contributed by atoms with Crippen LogP contribution in [0.2, 0.25) is 0 Å². The number of nitrogens with one attached hydrogen (secondary N) is 1. The molecule has 2 aromatic rings. The molecule has 2 amide bonds. The van der Waals surface area contributed by atoms with Gasteiger partial charge in [-0.3, -0.25) is 9.59 Å². The van der Waals surface area contributed by atoms with Crippen LogP contribution in [0.25, 0.3) is 0 Å². The van der Waals surface area contributed by atoms with Crippen LogP contribution in [0, 0.1) is 0 Å². The maximum atomic E-state index is 12.2. The molecule has 0 atom stereocenters. The molecule has 0 bridgehead atoms. The number of aryl methyl sites for hydroxylation is 1. The average molecular weight is 352 g/mol. The van der Waals surface area contributed by atoms with E-state index in [0.29, 0.717) is 30.8 Å². The molecule has 0 fully saturated rings. The van der Waals surface area contributed by atoms with Gasteiger partial charge in [0.15, 0.2) is 6.61 Å². The van der Waals surface area contributed by atoms with Crippen molar-refractivity contribution in [3.8, 4) is 5.75 Å². The molecule has 0 saturated carbocycles. The molecule has 136 valence electrons. The number of hydrogen-bond acceptors (Lipinski definition) is 3. The van der Waals surface area contributed by atoms with E-state index in [1.54, 1.807) is 4.90 Å². The molecule has 0 aromatic heterocycles. The zero-order chi connectivity index (χ0) is 18.4. The fourth-order valence-electron chi connectivity index (χ4n) is 2.97. The summed E-state index contributed by atoms with van der Waals surface area (Å²) < 4.78 is 5.51. The van der Waals surface area contributed by atoms with Gasteiger partial charge in [-0.2, -0.15) is 0 Å². The highest BCUT2D eigenvalue weighted by atomic mass is 16.5. The fraction of sp³-hybridized carbons (Fsp3) is 0.333. The van der Waals surface area contributed by atoms with Crippen LogP contribution in [0.15, 0.2) is 48.5 Å². The van der Waals surface area contributed by atoms with Gasteiger partial charge in [-0.1, -0.05) is 43.7 Å². The highest BCUT2D eigenvalue weighted by molar-refractivity contribution is 5.99. The van der Waals surface area contributed by atoms with Gasteiger partial charge < -0.3 is 15.0 Å². The number of ether oxygens (including phenoxy) is 1. The lowest BCUT2D eigenvalue weighted by molar-refractivity contribution is -0.121. The van der Waals surface area contributed by atoms with Crippen LogP contribution >= 0.6 is 0 Å². The molecule has 0 spiro atoms. The Labute approximate surface area is 154 Å². The number of hydrogen-bond donors (Lipinski definition) is 1. The van der Waals surface area contributed by atoms with Crippen molar-refractivity contribution in [2.75, 3.05) is 23.4 Å². The molecule has 1 heterocycles. The van der Waals surface area contributed by atoms with Gasteiger partial charge in [0.25, 0.3) is 5.91 Å². The standard InChI is InChI=1S/C21H24N2O3/c1-2-3-13-23-18-14-17(10-11-19(18)26-15-21(23)25)22-20(24)12-9-16-7-5-4-6-8-16/h4-8,10-11,14H,2-3,9,12-13,15H2,1H3,(H,22,24). The van der Waals surface area contributed by atoms with Crippen LogP contribution < -0.4 is 15.0 Å². The van der Waals surface area contributed by atoms with Crippen molar-refractivity contribution in [2.45, 2.75) is 32.6 Å². The third kappa shape index (κ3) is 4.42. The van der Waals surface area contributed by atoms with Crippen LogP contribution in [-0.4, -0.2) is 25.0 Å². The van der Waals surface area contributed by atoms with E-state index in [0.717, 1.165) is 24.1 Å². The Hall–Kier alpha value is -2.82. The maximum absolute atomic E-state index is 12.2. The first-order valence-electron chi connectivity index (χ1n) is 9.08. The van der Waals surface area contributed by atoms with E-state index in [2.05, 4.69) is 12.2 Å². The van der Waals surface area contributed by atoms with E-state index in [9.17, 15) is 9.59 Å². The Morgan fingerprint density at radius 3 is 2.77 bits per heavy atom. The number of benzene rings is 2. The second-order valence-electron chi connectivity index (χ2n) is 6.40. The molecule has 3 rings (SSSR count). The topological polar surface area (TPSA) is 58.6 Å². The van der Waals surface area contributed by atoms with Gasteiger partial charge in [0.05, 0.1) is 5.69 Å². The number of rotatable bonds is 7. The Balaban J connectivity index is 1.66. The lowest BCUT2D eigenvalue weighted by Gasteiger charge is -2.29. The molecule has 5 heteroatoms. The lowest BCUT2D eigenvalue weighted by Crippen LogP contribution is -2.39. The van der Waals surface area contributed by atoms with Crippen LogP contribution in [0.3, 0.4) is 0 Å². The molecule has 0 saturated heterocycles. The molecule has 26 heavy (non-hydrogen) atoms. The van der Waals surface area contributed by atoms with Crippen molar-refractivity contribution in [3.05, 3.63) is 54.1 Å². The Morgan fingerprint density at radius 2 is 2.00 bits per heavy atom. The summed E-state index contributed by atoms with van der Waals surface area (Å²) in [5.74, 6) is 0.596. The third-order valence-corrected chi connectivity index (χ3v) is 4.40. The van der Waals surface area contributed by atoms with Crippen molar-refractivity contribution in [3.63, 3.8) is 0 Å². The molecule has 1 N–H and O–H groups in total. The van der Waals surface area contributed by atoms with Gasteiger partial charge in [0, 0.05) is 18.7 Å². The van der Waals surface area contributed by atoms with Crippen LogP contribution in [0.4, 0.5) is 11.4 Å². The predicted molar refractivity (Wildman–Crippen MR) is 103 cm³/mol. The van der Waals surface area contributed by atoms with Crippen molar-refractivity contribution in [2.24, 2.45) is 0 Å². The Kier molecular flexibility index (Phi) is 5.89. The maximum Gasteiger partial charge on any atom is 0.265 e. The highest BCUT2D eigenvalue weighted by Gasteiger charge is 2.25. The quantitative estimate of drug-likeness (QED) is 0.825. The van der Waals surface area contributed by atoms with Gasteiger partial charge in [-0.25, -0.2) is 0 Å². The van der Waals surface area contributed by atoms with Crippen molar-refractivity contribution < 1.29 is 14.3 Å². The second kappa shape index (κ2) is 8.52. The fourth-order valence-corrected chi connectivity index (χ4v) is 2.97. The number of carbonyl (C=O) groups is 2. The zero-order valence-electron chi connectivity index (χ0n) is 15.0. The van der Waals surface area contributed by atoms with E-state index in [-0.39, 0.29) is 18.4 Å². The van der Waals surface area contributed by atoms with Crippen LogP contribution in [0.1, 0.15) is 31.7 Å². The van der Waals surface area contributed by atoms with Gasteiger partial charge >= 0.3 is 0 Å². The van der Waals surface area contributed by atoms with E-state index in [1.165, 1.54) is 0 Å². The van der Waals surface area contributed by atoms with Gasteiger partial charge in [-0.05, 0) is 36.6 Å². The molecule has 0 radical (unpaired) electrons. The summed E-state index contributed by atoms with van der Waals surface area (Å²) >= 11 is 0. The summed E-state index contributed by atoms with van der Waals surface area (Å²) in [5, 5.41) is 2.92. The Bertz CT molecular complexity index is 774. The van der Waals surface area contributed by atoms with E-state index in [4.69, 9.17) is 4.74 Å². The average Bonchev–Trinajstić information content (AvgIpc) is 2.66. The van der Waals surface area contributed by atoms with Crippen LogP contribution in [-0.2, 0) is 16.0 Å². The van der Waals surface area contributed by atoms with Crippen molar-refractivity contribution in [1.29, 1.82) is 0 Å². The number of nitrogens with zero attached hydrogens (tertiary/aromatic N) is 1. The minimum Gasteiger partial charge on any atom is -0.482 e. The van der Waals surface area contributed by atoms with Gasteiger partial charge in [0.2, 0.25) is 5.91 Å². The SMILES string of the molecule is CCCCN1C(=O)COc2ccc(NC(=O)CCc3ccccc3)cc21. The second-order valence-corrected chi connectivity index (χ2v) is 6.40. The van der Waals surface area contributed by atoms with Gasteiger partial charge in [-0.15, -0.1) is 0 Å². The predicted octanol–water partition coefficient (Wildman–Crippen LogP) is 3.78. The summed E-state index contributed by atoms with van der Waals surface area (Å²) in [7, 11) is 0. The molecule has 5 nitrogen and oxygen atoms in total. The number of fused-ring (bicyclic) bond motifs is 1. The summed E-state index contributed by atoms with van der Waals surface area (Å²) in [6.07, 6.45) is 3.05. The summed E-state index contributed by atoms with van der Waals surface area (Å²) in [4.78, 5) is 26.2. The van der Waals surface area contributed by atoms with Gasteiger partial charge in [0.1, 0.15) is 5.75 Å². The minimum absolute atomic E-state index is 0.0431.